The van der Waals surface area contributed by atoms with Gasteiger partial charge in [0.1, 0.15) is 23.8 Å². The van der Waals surface area contributed by atoms with Crippen LogP contribution in [-0.4, -0.2) is 19.1 Å². The highest BCUT2D eigenvalue weighted by Gasteiger charge is 2.25. The van der Waals surface area contributed by atoms with E-state index in [9.17, 15) is 15.8 Å². The zero-order valence-corrected chi connectivity index (χ0v) is 38.5. The molecule has 0 aliphatic heterocycles. The number of benzene rings is 9. The van der Waals surface area contributed by atoms with Crippen LogP contribution in [0.2, 0.25) is 0 Å². The van der Waals surface area contributed by atoms with E-state index in [4.69, 9.17) is 9.97 Å². The van der Waals surface area contributed by atoms with E-state index in [-0.39, 0.29) is 5.56 Å². The largest absolute Gasteiger partial charge is 0.308 e. The molecule has 7 nitrogen and oxygen atoms in total. The second-order valence-corrected chi connectivity index (χ2v) is 19.5. The van der Waals surface area contributed by atoms with Gasteiger partial charge in [0, 0.05) is 78.6 Å². The molecule has 322 valence electrons. The zero-order valence-electron chi connectivity index (χ0n) is 36.8. The van der Waals surface area contributed by atoms with Crippen molar-refractivity contribution in [2.24, 2.45) is 0 Å². The molecule has 9 heteroatoms. The van der Waals surface area contributed by atoms with E-state index in [0.717, 1.165) is 60.5 Å². The van der Waals surface area contributed by atoms with Crippen molar-refractivity contribution in [2.45, 2.75) is 0 Å². The number of hydrogen-bond acceptors (Lipinski definition) is 7. The standard InChI is InChI=1S/C61H31N7S2/c62-32-38-30-36(22-24-45(38)67-47-18-8-4-14-40(47)55-49(67)26-28-53-57(55)42-16-6-10-20-51(42)69-53)59-44(34-64)60(66-61(65-59)35-12-2-1-3-13-35)37-23-25-46(39(31-37)33-63)68-48-19-9-5-15-41(48)56-50(68)27-29-54-58(56)43-17-7-11-21-52(43)70-54/h1-31H. The Kier molecular flexibility index (Phi) is 8.68. The molecule has 9 aromatic carbocycles. The predicted molar refractivity (Wildman–Crippen MR) is 287 cm³/mol. The lowest BCUT2D eigenvalue weighted by molar-refractivity contribution is 1.15. The van der Waals surface area contributed by atoms with E-state index in [0.29, 0.717) is 39.5 Å². The number of hydrogen-bond donors (Lipinski definition) is 0. The van der Waals surface area contributed by atoms with Crippen molar-refractivity contribution in [3.8, 4) is 63.5 Å². The van der Waals surface area contributed by atoms with Crippen LogP contribution in [0, 0.1) is 34.0 Å². The first-order valence-electron chi connectivity index (χ1n) is 22.7. The van der Waals surface area contributed by atoms with Gasteiger partial charge < -0.3 is 9.13 Å². The second-order valence-electron chi connectivity index (χ2n) is 17.4. The SMILES string of the molecule is N#Cc1cc(-c2nc(-c3ccccc3)nc(-c3ccc(-n4c5ccccc5c5c6c(ccc54)sc4ccccc46)c(C#N)c3)c2C#N)ccc1-n1c2ccccc2c2c3c(ccc21)sc1ccccc13. The summed E-state index contributed by atoms with van der Waals surface area (Å²) >= 11 is 3.57. The molecular weight excluding hydrogens is 895 g/mol. The molecule has 0 unspecified atom stereocenters. The fourth-order valence-electron chi connectivity index (χ4n) is 10.7. The van der Waals surface area contributed by atoms with Crippen molar-refractivity contribution < 1.29 is 0 Å². The third-order valence-electron chi connectivity index (χ3n) is 13.7. The van der Waals surface area contributed by atoms with Crippen molar-refractivity contribution in [3.05, 3.63) is 205 Å². The monoisotopic (exact) mass is 925 g/mol. The van der Waals surface area contributed by atoms with Crippen LogP contribution in [0.15, 0.2) is 188 Å². The molecule has 14 aromatic rings. The molecule has 0 aliphatic rings. The van der Waals surface area contributed by atoms with Crippen molar-refractivity contribution >= 4 is 107 Å². The summed E-state index contributed by atoms with van der Waals surface area (Å²) in [7, 11) is 0. The van der Waals surface area contributed by atoms with Gasteiger partial charge in [-0.05, 0) is 72.8 Å². The van der Waals surface area contributed by atoms with E-state index < -0.39 is 0 Å². The van der Waals surface area contributed by atoms with Crippen molar-refractivity contribution in [2.75, 3.05) is 0 Å². The Balaban J connectivity index is 0.958. The normalized spacial score (nSPS) is 11.7. The van der Waals surface area contributed by atoms with Crippen LogP contribution >= 0.6 is 22.7 Å². The van der Waals surface area contributed by atoms with Crippen LogP contribution in [0.5, 0.6) is 0 Å². The molecule has 0 fully saturated rings. The average molecular weight is 926 g/mol. The maximum atomic E-state index is 11.1. The first-order chi connectivity index (χ1) is 34.6. The summed E-state index contributed by atoms with van der Waals surface area (Å²) in [6, 6.07) is 71.0. The number of nitriles is 3. The summed E-state index contributed by atoms with van der Waals surface area (Å²) in [6.07, 6.45) is 0. The van der Waals surface area contributed by atoms with Crippen LogP contribution in [0.25, 0.3) is 129 Å². The Labute approximate surface area is 407 Å². The zero-order chi connectivity index (χ0) is 46.6. The van der Waals surface area contributed by atoms with Crippen LogP contribution in [0.4, 0.5) is 0 Å². The second kappa shape index (κ2) is 15.3. The Morgan fingerprint density at radius 3 is 1.27 bits per heavy atom. The summed E-state index contributed by atoms with van der Waals surface area (Å²) in [5.41, 5.74) is 9.25. The van der Waals surface area contributed by atoms with Gasteiger partial charge in [-0.15, -0.1) is 22.7 Å². The molecule has 0 saturated carbocycles. The molecule has 0 N–H and O–H groups in total. The van der Waals surface area contributed by atoms with E-state index in [1.165, 1.54) is 40.3 Å². The van der Waals surface area contributed by atoms with E-state index in [1.807, 2.05) is 78.9 Å². The number of aromatic nitrogens is 4. The summed E-state index contributed by atoms with van der Waals surface area (Å²) in [5.74, 6) is 0.415. The van der Waals surface area contributed by atoms with Crippen LogP contribution in [-0.2, 0) is 0 Å². The van der Waals surface area contributed by atoms with Gasteiger partial charge in [-0.2, -0.15) is 15.8 Å². The Bertz CT molecular complexity index is 4430. The number of thiophene rings is 2. The van der Waals surface area contributed by atoms with Gasteiger partial charge in [0.2, 0.25) is 0 Å². The van der Waals surface area contributed by atoms with Gasteiger partial charge in [0.05, 0.1) is 56.0 Å². The van der Waals surface area contributed by atoms with Crippen LogP contribution < -0.4 is 0 Å². The highest BCUT2D eigenvalue weighted by molar-refractivity contribution is 7.26. The third-order valence-corrected chi connectivity index (χ3v) is 15.9. The quantitative estimate of drug-likeness (QED) is 0.171. The molecular formula is C61H31N7S2. The van der Waals surface area contributed by atoms with Gasteiger partial charge >= 0.3 is 0 Å². The Morgan fingerprint density at radius 1 is 0.357 bits per heavy atom. The molecule has 5 aromatic heterocycles. The first kappa shape index (κ1) is 39.7. The molecule has 0 saturated heterocycles. The van der Waals surface area contributed by atoms with Crippen molar-refractivity contribution in [3.63, 3.8) is 0 Å². The van der Waals surface area contributed by atoms with E-state index in [1.54, 1.807) is 22.7 Å². The molecule has 14 rings (SSSR count). The molecule has 0 bridgehead atoms. The predicted octanol–water partition coefficient (Wildman–Crippen LogP) is 16.0. The highest BCUT2D eigenvalue weighted by atomic mass is 32.1. The third kappa shape index (κ3) is 5.70. The maximum Gasteiger partial charge on any atom is 0.160 e. The minimum Gasteiger partial charge on any atom is -0.308 e. The van der Waals surface area contributed by atoms with Gasteiger partial charge in [-0.1, -0.05) is 115 Å². The van der Waals surface area contributed by atoms with Gasteiger partial charge in [0.25, 0.3) is 0 Å². The van der Waals surface area contributed by atoms with Gasteiger partial charge in [-0.25, -0.2) is 9.97 Å². The fraction of sp³-hybridized carbons (Fsp3) is 0. The lowest BCUT2D eigenvalue weighted by atomic mass is 9.97. The topological polar surface area (TPSA) is 107 Å². The molecule has 5 heterocycles. The minimum atomic E-state index is 0.236. The number of fused-ring (bicyclic) bond motifs is 14. The number of para-hydroxylation sites is 2. The molecule has 0 radical (unpaired) electrons. The maximum absolute atomic E-state index is 11.1. The summed E-state index contributed by atoms with van der Waals surface area (Å²) in [4.78, 5) is 10.2. The number of rotatable bonds is 5. The van der Waals surface area contributed by atoms with Gasteiger partial charge in [-0.3, -0.25) is 0 Å². The number of nitrogens with zero attached hydrogens (tertiary/aromatic N) is 7. The Hall–Kier alpha value is -9.43. The Morgan fingerprint density at radius 2 is 0.800 bits per heavy atom. The average Bonchev–Trinajstić information content (AvgIpc) is 4.18. The first-order valence-corrected chi connectivity index (χ1v) is 24.4. The lowest BCUT2D eigenvalue weighted by Crippen LogP contribution is -2.03. The fourth-order valence-corrected chi connectivity index (χ4v) is 12.9. The van der Waals surface area contributed by atoms with E-state index in [2.05, 4.69) is 137 Å². The van der Waals surface area contributed by atoms with Crippen molar-refractivity contribution in [1.82, 2.24) is 19.1 Å². The van der Waals surface area contributed by atoms with Gasteiger partial charge in [0.15, 0.2) is 5.82 Å². The smallest absolute Gasteiger partial charge is 0.160 e. The summed E-state index contributed by atoms with van der Waals surface area (Å²) in [5, 5.41) is 42.5. The summed E-state index contributed by atoms with van der Waals surface area (Å²) < 4.78 is 9.24. The lowest BCUT2D eigenvalue weighted by Gasteiger charge is -2.16. The van der Waals surface area contributed by atoms with Crippen LogP contribution in [0.3, 0.4) is 0 Å². The van der Waals surface area contributed by atoms with Crippen LogP contribution in [0.1, 0.15) is 16.7 Å². The minimum absolute atomic E-state index is 0.236. The molecule has 70 heavy (non-hydrogen) atoms. The molecule has 0 atom stereocenters. The summed E-state index contributed by atoms with van der Waals surface area (Å²) in [6.45, 7) is 0. The van der Waals surface area contributed by atoms with Crippen molar-refractivity contribution in [1.29, 1.82) is 15.8 Å². The van der Waals surface area contributed by atoms with E-state index >= 15 is 0 Å². The molecule has 0 spiro atoms. The highest BCUT2D eigenvalue weighted by Crippen LogP contribution is 2.46. The molecule has 0 aliphatic carbocycles. The molecule has 0 amide bonds.